The number of sulfonamides is 1. The predicted octanol–water partition coefficient (Wildman–Crippen LogP) is 0.754. The van der Waals surface area contributed by atoms with Crippen LogP contribution < -0.4 is 5.56 Å². The number of thiophene rings is 1. The molecule has 0 aromatic carbocycles. The number of aromatic nitrogens is 1. The number of pyridine rings is 1. The highest BCUT2D eigenvalue weighted by Crippen LogP contribution is 2.44. The molecule has 2 atom stereocenters. The van der Waals surface area contributed by atoms with Crippen LogP contribution in [0.1, 0.15) is 22.2 Å². The van der Waals surface area contributed by atoms with Crippen molar-refractivity contribution in [3.63, 3.8) is 0 Å². The zero-order chi connectivity index (χ0) is 20.8. The van der Waals surface area contributed by atoms with Crippen LogP contribution in [-0.4, -0.2) is 66.4 Å². The Bertz CT molecular complexity index is 1090. The second-order valence-corrected chi connectivity index (χ2v) is 11.0. The Morgan fingerprint density at radius 2 is 2.10 bits per heavy atom. The smallest absolute Gasteiger partial charge is 0.260 e. The number of fused-ring (bicyclic) bond motifs is 1. The van der Waals surface area contributed by atoms with Gasteiger partial charge in [0.15, 0.2) is 0 Å². The summed E-state index contributed by atoms with van der Waals surface area (Å²) in [6.45, 7) is 2.69. The molecule has 4 heterocycles. The number of hydrogen-bond acceptors (Lipinski definition) is 6. The van der Waals surface area contributed by atoms with E-state index in [1.807, 2.05) is 13.0 Å². The molecular weight excluding hydrogens is 414 g/mol. The molecule has 0 bridgehead atoms. The highest BCUT2D eigenvalue weighted by atomic mass is 32.2. The van der Waals surface area contributed by atoms with Gasteiger partial charge in [-0.2, -0.15) is 4.31 Å². The first-order valence-corrected chi connectivity index (χ1v) is 11.7. The molecule has 0 spiro atoms. The lowest BCUT2D eigenvalue weighted by molar-refractivity contribution is 0.0734. The average molecular weight is 438 g/mol. The molecule has 2 aromatic rings. The molecule has 2 aliphatic heterocycles. The summed E-state index contributed by atoms with van der Waals surface area (Å²) in [5.74, 6) is -0.575. The van der Waals surface area contributed by atoms with Crippen LogP contribution in [-0.2, 0) is 16.4 Å². The van der Waals surface area contributed by atoms with Crippen LogP contribution in [0.25, 0.3) is 0 Å². The number of nitrogens with zero attached hydrogens (tertiary/aromatic N) is 2. The van der Waals surface area contributed by atoms with Gasteiger partial charge in [-0.3, -0.25) is 9.59 Å². The van der Waals surface area contributed by atoms with E-state index in [1.54, 1.807) is 17.0 Å². The SMILES string of the molecule is CCc1ccc(S(=O)(=O)N2CC3CN(C(=O)c4ccc[nH]c4=O)CC3(CO)C2)s1. The van der Waals surface area contributed by atoms with Crippen LogP contribution in [0.2, 0.25) is 0 Å². The molecule has 1 amide bonds. The largest absolute Gasteiger partial charge is 0.396 e. The van der Waals surface area contributed by atoms with Crippen LogP contribution in [0.3, 0.4) is 0 Å². The third-order valence-electron chi connectivity index (χ3n) is 5.96. The second kappa shape index (κ2) is 7.35. The summed E-state index contributed by atoms with van der Waals surface area (Å²) in [6, 6.07) is 6.52. The maximum absolute atomic E-state index is 13.1. The predicted molar refractivity (Wildman–Crippen MR) is 108 cm³/mol. The van der Waals surface area contributed by atoms with Gasteiger partial charge < -0.3 is 15.0 Å². The number of aliphatic hydroxyl groups is 1. The van der Waals surface area contributed by atoms with Crippen molar-refractivity contribution in [1.29, 1.82) is 0 Å². The summed E-state index contributed by atoms with van der Waals surface area (Å²) in [6.07, 6.45) is 2.24. The number of carbonyl (C=O) groups excluding carboxylic acids is 1. The molecule has 2 N–H and O–H groups in total. The summed E-state index contributed by atoms with van der Waals surface area (Å²) >= 11 is 1.27. The van der Waals surface area contributed by atoms with Crippen molar-refractivity contribution < 1.29 is 18.3 Å². The van der Waals surface area contributed by atoms with E-state index in [4.69, 9.17) is 0 Å². The van der Waals surface area contributed by atoms with Crippen LogP contribution in [0.5, 0.6) is 0 Å². The number of nitrogens with one attached hydrogen (secondary N) is 1. The Labute approximate surface area is 172 Å². The number of amides is 1. The number of H-pyrrole nitrogens is 1. The van der Waals surface area contributed by atoms with Crippen LogP contribution in [0.4, 0.5) is 0 Å². The van der Waals surface area contributed by atoms with Gasteiger partial charge >= 0.3 is 0 Å². The van der Waals surface area contributed by atoms with E-state index in [0.29, 0.717) is 10.8 Å². The lowest BCUT2D eigenvalue weighted by atomic mass is 9.82. The number of hydrogen-bond donors (Lipinski definition) is 2. The van der Waals surface area contributed by atoms with Gasteiger partial charge in [-0.15, -0.1) is 11.3 Å². The summed E-state index contributed by atoms with van der Waals surface area (Å²) < 4.78 is 27.9. The minimum absolute atomic E-state index is 0.0516. The Hall–Kier alpha value is -2.01. The third kappa shape index (κ3) is 3.33. The molecule has 10 heteroatoms. The first-order valence-electron chi connectivity index (χ1n) is 9.47. The topological polar surface area (TPSA) is 111 Å². The van der Waals surface area contributed by atoms with Crippen molar-refractivity contribution in [1.82, 2.24) is 14.2 Å². The third-order valence-corrected chi connectivity index (χ3v) is 9.47. The molecule has 2 saturated heterocycles. The van der Waals surface area contributed by atoms with Gasteiger partial charge in [-0.25, -0.2) is 8.42 Å². The molecule has 0 radical (unpaired) electrons. The highest BCUT2D eigenvalue weighted by Gasteiger charge is 2.56. The Kier molecular flexibility index (Phi) is 5.14. The molecule has 4 rings (SSSR count). The summed E-state index contributed by atoms with van der Waals surface area (Å²) in [7, 11) is -3.63. The zero-order valence-corrected chi connectivity index (χ0v) is 17.6. The first-order chi connectivity index (χ1) is 13.8. The van der Waals surface area contributed by atoms with E-state index < -0.39 is 26.9 Å². The average Bonchev–Trinajstić information content (AvgIpc) is 3.40. The quantitative estimate of drug-likeness (QED) is 0.717. The molecule has 29 heavy (non-hydrogen) atoms. The molecule has 2 aliphatic rings. The lowest BCUT2D eigenvalue weighted by Gasteiger charge is -2.26. The van der Waals surface area contributed by atoms with Crippen LogP contribution in [0.15, 0.2) is 39.5 Å². The fourth-order valence-corrected chi connectivity index (χ4v) is 7.30. The summed E-state index contributed by atoms with van der Waals surface area (Å²) in [5, 5.41) is 10.1. The highest BCUT2D eigenvalue weighted by molar-refractivity contribution is 7.91. The Morgan fingerprint density at radius 1 is 1.31 bits per heavy atom. The minimum atomic E-state index is -3.63. The maximum atomic E-state index is 13.1. The molecule has 0 saturated carbocycles. The number of aliphatic hydroxyl groups excluding tert-OH is 1. The molecule has 8 nitrogen and oxygen atoms in total. The molecule has 2 fully saturated rings. The standard InChI is InChI=1S/C19H23N3O5S2/c1-2-14-5-6-16(28-14)29(26,27)22-9-13-8-21(10-19(13,11-22)12-23)18(25)15-4-3-7-20-17(15)24/h3-7,13,23H,2,8-12H2,1H3,(H,20,24). The van der Waals surface area contributed by atoms with Crippen molar-refractivity contribution >= 4 is 27.3 Å². The van der Waals surface area contributed by atoms with Crippen molar-refractivity contribution in [2.45, 2.75) is 17.6 Å². The van der Waals surface area contributed by atoms with Gasteiger partial charge in [0, 0.05) is 48.6 Å². The number of aromatic amines is 1. The monoisotopic (exact) mass is 437 g/mol. The minimum Gasteiger partial charge on any atom is -0.396 e. The van der Waals surface area contributed by atoms with Crippen molar-refractivity contribution in [3.05, 3.63) is 51.3 Å². The van der Waals surface area contributed by atoms with E-state index in [0.717, 1.165) is 11.3 Å². The maximum Gasteiger partial charge on any atom is 0.260 e. The lowest BCUT2D eigenvalue weighted by Crippen LogP contribution is -2.41. The van der Waals surface area contributed by atoms with Crippen molar-refractivity contribution in [2.75, 3.05) is 32.8 Å². The van der Waals surface area contributed by atoms with Gasteiger partial charge in [0.1, 0.15) is 9.77 Å². The number of carbonyl (C=O) groups is 1. The van der Waals surface area contributed by atoms with Gasteiger partial charge in [-0.1, -0.05) is 6.92 Å². The first kappa shape index (κ1) is 20.3. The van der Waals surface area contributed by atoms with Crippen LogP contribution in [0, 0.1) is 11.3 Å². The van der Waals surface area contributed by atoms with Gasteiger partial charge in [0.05, 0.1) is 6.61 Å². The van der Waals surface area contributed by atoms with Gasteiger partial charge in [0.25, 0.3) is 21.5 Å². The van der Waals surface area contributed by atoms with Crippen molar-refractivity contribution in [2.24, 2.45) is 11.3 Å². The molecule has 0 aliphatic carbocycles. The van der Waals surface area contributed by atoms with Crippen LogP contribution >= 0.6 is 11.3 Å². The molecule has 2 aromatic heterocycles. The Balaban J connectivity index is 1.55. The van der Waals surface area contributed by atoms with Gasteiger partial charge in [0.2, 0.25) is 0 Å². The molecule has 156 valence electrons. The number of likely N-dealkylation sites (tertiary alicyclic amines) is 1. The second-order valence-electron chi connectivity index (χ2n) is 7.69. The van der Waals surface area contributed by atoms with E-state index in [2.05, 4.69) is 4.98 Å². The van der Waals surface area contributed by atoms with Gasteiger partial charge in [-0.05, 0) is 30.7 Å². The molecular formula is C19H23N3O5S2. The Morgan fingerprint density at radius 3 is 2.72 bits per heavy atom. The fraction of sp³-hybridized carbons (Fsp3) is 0.474. The van der Waals surface area contributed by atoms with Crippen molar-refractivity contribution in [3.8, 4) is 0 Å². The summed E-state index contributed by atoms with van der Waals surface area (Å²) in [4.78, 5) is 29.8. The van der Waals surface area contributed by atoms with E-state index in [9.17, 15) is 23.1 Å². The van der Waals surface area contributed by atoms with E-state index >= 15 is 0 Å². The van der Waals surface area contributed by atoms with E-state index in [1.165, 1.54) is 27.9 Å². The molecule has 2 unspecified atom stereocenters. The number of aryl methyl sites for hydroxylation is 1. The number of rotatable bonds is 5. The fourth-order valence-electron chi connectivity index (χ4n) is 4.27. The zero-order valence-electron chi connectivity index (χ0n) is 16.0. The summed E-state index contributed by atoms with van der Waals surface area (Å²) in [5.41, 5.74) is -1.12. The normalized spacial score (nSPS) is 24.8. The van der Waals surface area contributed by atoms with E-state index in [-0.39, 0.29) is 37.7 Å².